The van der Waals surface area contributed by atoms with Gasteiger partial charge in [-0.25, -0.2) is 9.78 Å². The molecule has 0 aliphatic carbocycles. The van der Waals surface area contributed by atoms with Gasteiger partial charge in [0, 0.05) is 62.4 Å². The average Bonchev–Trinajstić information content (AvgIpc) is 3.28. The number of nitrogens with one attached hydrogen (secondary N) is 2. The molecule has 0 unspecified atom stereocenters. The fourth-order valence-corrected chi connectivity index (χ4v) is 5.48. The molecule has 12 heteroatoms. The molecule has 5 aromatic rings. The first-order valence-electron chi connectivity index (χ1n) is 13.9. The molecule has 2 aromatic heterocycles. The van der Waals surface area contributed by atoms with E-state index < -0.39 is 17.8 Å². The average molecular weight is 589 g/mol. The van der Waals surface area contributed by atoms with Gasteiger partial charge in [0.1, 0.15) is 5.82 Å². The number of nitrogen functional groups attached to an aromatic ring is 1. The van der Waals surface area contributed by atoms with Gasteiger partial charge in [-0.2, -0.15) is 18.3 Å². The third-order valence-corrected chi connectivity index (χ3v) is 7.87. The number of benzene rings is 3. The van der Waals surface area contributed by atoms with Crippen molar-refractivity contribution in [2.45, 2.75) is 12.7 Å². The van der Waals surface area contributed by atoms with Crippen molar-refractivity contribution in [1.82, 2.24) is 24.6 Å². The third kappa shape index (κ3) is 5.97. The van der Waals surface area contributed by atoms with E-state index in [2.05, 4.69) is 25.6 Å². The Morgan fingerprint density at radius 3 is 2.37 bits per heavy atom. The topological polar surface area (TPSA) is 104 Å². The number of fused-ring (bicyclic) bond motifs is 2. The smallest absolute Gasteiger partial charge is 0.383 e. The number of nitrogens with zero attached hydrogens (tertiary/aromatic N) is 5. The van der Waals surface area contributed by atoms with Crippen molar-refractivity contribution in [3.63, 3.8) is 0 Å². The summed E-state index contributed by atoms with van der Waals surface area (Å²) < 4.78 is 43.6. The van der Waals surface area contributed by atoms with Crippen LogP contribution < -0.4 is 16.4 Å². The van der Waals surface area contributed by atoms with E-state index in [0.29, 0.717) is 30.1 Å². The largest absolute Gasteiger partial charge is 0.416 e. The van der Waals surface area contributed by atoms with Crippen LogP contribution in [0.25, 0.3) is 32.8 Å². The predicted octanol–water partition coefficient (Wildman–Crippen LogP) is 5.78. The molecule has 1 saturated heterocycles. The Balaban J connectivity index is 1.20. The molecule has 3 heterocycles. The van der Waals surface area contributed by atoms with E-state index in [9.17, 15) is 18.0 Å². The summed E-state index contributed by atoms with van der Waals surface area (Å²) in [6, 6.07) is 16.8. The van der Waals surface area contributed by atoms with Gasteiger partial charge in [-0.1, -0.05) is 24.3 Å². The Morgan fingerprint density at radius 1 is 0.907 bits per heavy atom. The summed E-state index contributed by atoms with van der Waals surface area (Å²) in [5.74, 6) is 0.762. The molecular weight excluding hydrogens is 557 g/mol. The van der Waals surface area contributed by atoms with E-state index in [0.717, 1.165) is 46.6 Å². The maximum Gasteiger partial charge on any atom is 0.416 e. The van der Waals surface area contributed by atoms with Crippen LogP contribution in [-0.2, 0) is 19.8 Å². The van der Waals surface area contributed by atoms with E-state index in [-0.39, 0.29) is 17.8 Å². The van der Waals surface area contributed by atoms with Gasteiger partial charge < -0.3 is 16.0 Å². The Labute approximate surface area is 246 Å². The maximum atomic E-state index is 14.0. The molecule has 43 heavy (non-hydrogen) atoms. The van der Waals surface area contributed by atoms with Crippen LogP contribution in [0.1, 0.15) is 11.1 Å². The second kappa shape index (κ2) is 11.2. The lowest BCUT2D eigenvalue weighted by Crippen LogP contribution is -2.44. The maximum absolute atomic E-state index is 14.0. The quantitative estimate of drug-likeness (QED) is 0.241. The molecule has 6 rings (SSSR count). The minimum atomic E-state index is -4.56. The van der Waals surface area contributed by atoms with E-state index in [1.54, 1.807) is 17.9 Å². The number of anilines is 3. The van der Waals surface area contributed by atoms with Gasteiger partial charge in [-0.3, -0.25) is 14.9 Å². The van der Waals surface area contributed by atoms with Crippen molar-refractivity contribution in [2.75, 3.05) is 49.6 Å². The monoisotopic (exact) mass is 588 g/mol. The molecule has 1 aliphatic heterocycles. The number of aromatic nitrogens is 3. The van der Waals surface area contributed by atoms with Crippen LogP contribution in [0.15, 0.2) is 66.9 Å². The van der Waals surface area contributed by atoms with Gasteiger partial charge >= 0.3 is 12.2 Å². The molecule has 2 amide bonds. The molecule has 0 atom stereocenters. The van der Waals surface area contributed by atoms with Crippen molar-refractivity contribution in [1.29, 1.82) is 0 Å². The number of hydrogen-bond acceptors (Lipinski definition) is 6. The van der Waals surface area contributed by atoms with Crippen molar-refractivity contribution < 1.29 is 18.0 Å². The van der Waals surface area contributed by atoms with Gasteiger partial charge in [-0.05, 0) is 65.5 Å². The van der Waals surface area contributed by atoms with Gasteiger partial charge in [0.05, 0.1) is 11.1 Å². The lowest BCUT2D eigenvalue weighted by atomic mass is 10.0. The van der Waals surface area contributed by atoms with Gasteiger partial charge in [0.15, 0.2) is 5.82 Å². The molecule has 3 aromatic carbocycles. The highest BCUT2D eigenvalue weighted by Crippen LogP contribution is 2.35. The number of urea groups is 1. The third-order valence-electron chi connectivity index (χ3n) is 7.87. The van der Waals surface area contributed by atoms with E-state index in [4.69, 9.17) is 5.73 Å². The summed E-state index contributed by atoms with van der Waals surface area (Å²) in [7, 11) is 3.76. The van der Waals surface area contributed by atoms with E-state index >= 15 is 0 Å². The number of aryl methyl sites for hydroxylation is 1. The second-order valence-electron chi connectivity index (χ2n) is 10.9. The highest BCUT2D eigenvalue weighted by atomic mass is 19.4. The number of halogens is 3. The summed E-state index contributed by atoms with van der Waals surface area (Å²) in [5, 5.41) is 12.2. The SMILES string of the molecule is CN1CCN(Cc2ccc(NC(=O)Nc3nn(C)c4cc(-c5ccc6c(N)nccc6c5)ccc34)cc2C(F)(F)F)CC1. The normalized spacial score (nSPS) is 14.8. The highest BCUT2D eigenvalue weighted by molar-refractivity contribution is 6.05. The lowest BCUT2D eigenvalue weighted by molar-refractivity contribution is -0.138. The van der Waals surface area contributed by atoms with Crippen molar-refractivity contribution in [3.8, 4) is 11.1 Å². The molecule has 9 nitrogen and oxygen atoms in total. The zero-order valence-electron chi connectivity index (χ0n) is 23.7. The molecule has 1 fully saturated rings. The number of nitrogens with two attached hydrogens (primary N) is 1. The highest BCUT2D eigenvalue weighted by Gasteiger charge is 2.34. The van der Waals surface area contributed by atoms with E-state index in [1.165, 1.54) is 12.1 Å². The van der Waals surface area contributed by atoms with E-state index in [1.807, 2.05) is 54.4 Å². The van der Waals surface area contributed by atoms with Gasteiger partial charge in [-0.15, -0.1) is 0 Å². The fourth-order valence-electron chi connectivity index (χ4n) is 5.48. The van der Waals surface area contributed by atoms with Crippen LogP contribution >= 0.6 is 0 Å². The first kappa shape index (κ1) is 28.4. The Hall–Kier alpha value is -4.68. The van der Waals surface area contributed by atoms with Crippen LogP contribution in [0.3, 0.4) is 0 Å². The summed E-state index contributed by atoms with van der Waals surface area (Å²) in [6.45, 7) is 3.21. The second-order valence-corrected chi connectivity index (χ2v) is 10.9. The number of rotatable bonds is 5. The zero-order valence-corrected chi connectivity index (χ0v) is 23.7. The molecular formula is C31H31F3N8O. The van der Waals surface area contributed by atoms with Crippen molar-refractivity contribution in [3.05, 3.63) is 78.0 Å². The molecule has 4 N–H and O–H groups in total. The number of pyridine rings is 1. The number of piperazine rings is 1. The van der Waals surface area contributed by atoms with Gasteiger partial charge in [0.25, 0.3) is 0 Å². The molecule has 0 spiro atoms. The molecule has 0 saturated carbocycles. The minimum absolute atomic E-state index is 0.0432. The first-order valence-corrected chi connectivity index (χ1v) is 13.9. The number of carbonyl (C=O) groups is 1. The van der Waals surface area contributed by atoms with Gasteiger partial charge in [0.2, 0.25) is 0 Å². The summed E-state index contributed by atoms with van der Waals surface area (Å²) in [4.78, 5) is 21.2. The van der Waals surface area contributed by atoms with Crippen molar-refractivity contribution in [2.24, 2.45) is 7.05 Å². The predicted molar refractivity (Wildman–Crippen MR) is 163 cm³/mol. The molecule has 0 radical (unpaired) electrons. The van der Waals surface area contributed by atoms with Crippen LogP contribution in [0.4, 0.5) is 35.3 Å². The van der Waals surface area contributed by atoms with Crippen molar-refractivity contribution >= 4 is 45.0 Å². The molecule has 222 valence electrons. The molecule has 0 bridgehead atoms. The summed E-state index contributed by atoms with van der Waals surface area (Å²) >= 11 is 0. The summed E-state index contributed by atoms with van der Waals surface area (Å²) in [5.41, 5.74) is 8.15. The number of hydrogen-bond donors (Lipinski definition) is 3. The lowest BCUT2D eigenvalue weighted by Gasteiger charge is -2.33. The Kier molecular flexibility index (Phi) is 7.40. The fraction of sp³-hybridized carbons (Fsp3) is 0.258. The molecule has 1 aliphatic rings. The zero-order chi connectivity index (χ0) is 30.3. The Morgan fingerprint density at radius 2 is 1.63 bits per heavy atom. The van der Waals surface area contributed by atoms with Crippen LogP contribution in [0.5, 0.6) is 0 Å². The number of alkyl halides is 3. The Bertz CT molecular complexity index is 1830. The number of carbonyl (C=O) groups excluding carboxylic acids is 1. The number of amides is 2. The summed E-state index contributed by atoms with van der Waals surface area (Å²) in [6.07, 6.45) is -2.89. The number of likely N-dealkylation sites (N-methyl/N-ethyl adjacent to an activating group) is 1. The van der Waals surface area contributed by atoms with Crippen LogP contribution in [0.2, 0.25) is 0 Å². The van der Waals surface area contributed by atoms with Crippen LogP contribution in [-0.4, -0.2) is 63.8 Å². The minimum Gasteiger partial charge on any atom is -0.383 e. The standard InChI is InChI=1S/C31H31F3N8O/c1-40-11-13-42(14-12-40)18-22-3-6-23(17-26(22)31(32,33)34)37-30(43)38-29-25-8-5-20(16-27(25)41(2)39-29)19-4-7-24-21(15-19)9-10-36-28(24)35/h3-10,15-17H,11-14,18H2,1-2H3,(H2,35,36)(H2,37,38,39,43). The van der Waals surface area contributed by atoms with Crippen LogP contribution in [0, 0.1) is 0 Å². The first-order chi connectivity index (χ1) is 20.5.